The highest BCUT2D eigenvalue weighted by atomic mass is 35.5. The van der Waals surface area contributed by atoms with Gasteiger partial charge in [0.15, 0.2) is 0 Å². The minimum atomic E-state index is -3.65. The zero-order chi connectivity index (χ0) is 16.2. The van der Waals surface area contributed by atoms with E-state index in [-0.39, 0.29) is 16.7 Å². The third-order valence-corrected chi connectivity index (χ3v) is 7.39. The lowest BCUT2D eigenvalue weighted by Gasteiger charge is -2.22. The normalized spacial score (nSPS) is 16.9. The molecule has 5 nitrogen and oxygen atoms in total. The number of thiophene rings is 1. The van der Waals surface area contributed by atoms with Crippen molar-refractivity contribution < 1.29 is 13.2 Å². The summed E-state index contributed by atoms with van der Waals surface area (Å²) in [6.45, 7) is 0.460. The van der Waals surface area contributed by atoms with Gasteiger partial charge in [-0.05, 0) is 30.9 Å². The molecule has 1 N–H and O–H groups in total. The molecule has 22 heavy (non-hydrogen) atoms. The Labute approximate surface area is 140 Å². The number of hydrogen-bond acceptors (Lipinski definition) is 4. The van der Waals surface area contributed by atoms with Gasteiger partial charge in [0, 0.05) is 13.6 Å². The second-order valence-corrected chi connectivity index (χ2v) is 9.61. The lowest BCUT2D eigenvalue weighted by Crippen LogP contribution is -2.40. The monoisotopic (exact) mass is 364 g/mol. The minimum Gasteiger partial charge on any atom is -0.355 e. The summed E-state index contributed by atoms with van der Waals surface area (Å²) >= 11 is 6.76. The zero-order valence-corrected chi connectivity index (χ0v) is 14.9. The van der Waals surface area contributed by atoms with E-state index in [0.29, 0.717) is 16.8 Å². The highest BCUT2D eigenvalue weighted by Crippen LogP contribution is 2.27. The molecule has 1 aliphatic rings. The van der Waals surface area contributed by atoms with Crippen LogP contribution < -0.4 is 5.32 Å². The Balaban J connectivity index is 1.85. The average Bonchev–Trinajstić information content (AvgIpc) is 2.93. The number of nitrogens with zero attached hydrogens (tertiary/aromatic N) is 1. The summed E-state index contributed by atoms with van der Waals surface area (Å²) in [5.74, 6) is 0.259. The quantitative estimate of drug-likeness (QED) is 0.843. The van der Waals surface area contributed by atoms with E-state index in [4.69, 9.17) is 11.6 Å². The third-order valence-electron chi connectivity index (χ3n) is 3.89. The molecular formula is C14H21ClN2O3S2. The Hall–Kier alpha value is -0.630. The van der Waals surface area contributed by atoms with Gasteiger partial charge in [-0.15, -0.1) is 11.3 Å². The van der Waals surface area contributed by atoms with Crippen LogP contribution in [0.4, 0.5) is 0 Å². The fourth-order valence-electron chi connectivity index (χ4n) is 2.58. The predicted molar refractivity (Wildman–Crippen MR) is 88.7 cm³/mol. The molecule has 8 heteroatoms. The van der Waals surface area contributed by atoms with E-state index in [1.54, 1.807) is 0 Å². The molecule has 1 heterocycles. The number of nitrogens with one attached hydrogen (secondary N) is 1. The number of likely N-dealkylation sites (N-methyl/N-ethyl adjacent to an activating group) is 1. The summed E-state index contributed by atoms with van der Waals surface area (Å²) in [5, 5.41) is 2.84. The third kappa shape index (κ3) is 4.68. The summed E-state index contributed by atoms with van der Waals surface area (Å²) in [7, 11) is -2.24. The molecule has 0 aromatic carbocycles. The molecule has 0 bridgehead atoms. The molecule has 1 amide bonds. The van der Waals surface area contributed by atoms with Crippen molar-refractivity contribution in [3.63, 3.8) is 0 Å². The topological polar surface area (TPSA) is 66.5 Å². The first-order chi connectivity index (χ1) is 10.4. The number of carbonyl (C=O) groups excluding carboxylic acids is 1. The minimum absolute atomic E-state index is 0.153. The van der Waals surface area contributed by atoms with Crippen LogP contribution in [0.15, 0.2) is 16.3 Å². The van der Waals surface area contributed by atoms with E-state index in [1.807, 2.05) is 0 Å². The molecule has 2 rings (SSSR count). The fourth-order valence-corrected chi connectivity index (χ4v) is 5.40. The Morgan fingerprint density at radius 1 is 1.36 bits per heavy atom. The van der Waals surface area contributed by atoms with E-state index >= 15 is 0 Å². The van der Waals surface area contributed by atoms with E-state index < -0.39 is 10.0 Å². The molecule has 1 aromatic rings. The van der Waals surface area contributed by atoms with Crippen LogP contribution in [0, 0.1) is 5.92 Å². The molecule has 124 valence electrons. The molecule has 0 atom stereocenters. The van der Waals surface area contributed by atoms with Crippen molar-refractivity contribution in [3.05, 3.63) is 16.5 Å². The fraction of sp³-hybridized carbons (Fsp3) is 0.643. The molecule has 1 saturated carbocycles. The molecule has 1 fully saturated rings. The number of hydrogen-bond donors (Lipinski definition) is 1. The van der Waals surface area contributed by atoms with Gasteiger partial charge in [0.25, 0.3) is 10.0 Å². The maximum absolute atomic E-state index is 12.3. The smallest absolute Gasteiger partial charge is 0.252 e. The first-order valence-electron chi connectivity index (χ1n) is 7.38. The Morgan fingerprint density at radius 2 is 2.05 bits per heavy atom. The SMILES string of the molecule is CN(CC(=O)NCC1CCCCC1)S(=O)(=O)c1ccc(Cl)s1. The average molecular weight is 365 g/mol. The first-order valence-corrected chi connectivity index (χ1v) is 10.0. The van der Waals surface area contributed by atoms with Crippen LogP contribution in [0.1, 0.15) is 32.1 Å². The number of rotatable bonds is 6. The second kappa shape index (κ2) is 7.77. The van der Waals surface area contributed by atoms with Gasteiger partial charge in [-0.3, -0.25) is 4.79 Å². The summed E-state index contributed by atoms with van der Waals surface area (Å²) in [6, 6.07) is 2.99. The largest absolute Gasteiger partial charge is 0.355 e. The van der Waals surface area contributed by atoms with E-state index in [2.05, 4.69) is 5.32 Å². The van der Waals surface area contributed by atoms with Gasteiger partial charge in [0.2, 0.25) is 5.91 Å². The molecule has 0 aliphatic heterocycles. The summed E-state index contributed by atoms with van der Waals surface area (Å²) in [5.41, 5.74) is 0. The van der Waals surface area contributed by atoms with Crippen LogP contribution in [0.5, 0.6) is 0 Å². The molecule has 0 radical (unpaired) electrons. The Morgan fingerprint density at radius 3 is 2.64 bits per heavy atom. The Bertz CT molecular complexity index is 609. The standard InChI is InChI=1S/C14H21ClN2O3S2/c1-17(22(19,20)14-8-7-12(15)21-14)10-13(18)16-9-11-5-3-2-4-6-11/h7-8,11H,2-6,9-10H2,1H3,(H,16,18). The van der Waals surface area contributed by atoms with Gasteiger partial charge in [-0.1, -0.05) is 30.9 Å². The van der Waals surface area contributed by atoms with Crippen LogP contribution in [0.2, 0.25) is 4.34 Å². The van der Waals surface area contributed by atoms with Crippen LogP contribution in [0.3, 0.4) is 0 Å². The number of halogens is 1. The molecule has 0 spiro atoms. The van der Waals surface area contributed by atoms with E-state index in [0.717, 1.165) is 28.5 Å². The van der Waals surface area contributed by atoms with Crippen molar-refractivity contribution in [1.29, 1.82) is 0 Å². The predicted octanol–water partition coefficient (Wildman–Crippen LogP) is 2.72. The zero-order valence-electron chi connectivity index (χ0n) is 12.5. The highest BCUT2D eigenvalue weighted by molar-refractivity contribution is 7.91. The van der Waals surface area contributed by atoms with Crippen LogP contribution in [-0.4, -0.2) is 38.8 Å². The van der Waals surface area contributed by atoms with Gasteiger partial charge in [-0.2, -0.15) is 4.31 Å². The van der Waals surface area contributed by atoms with Gasteiger partial charge < -0.3 is 5.32 Å². The number of amides is 1. The molecule has 0 unspecified atom stereocenters. The van der Waals surface area contributed by atoms with Crippen molar-refractivity contribution >= 4 is 38.9 Å². The van der Waals surface area contributed by atoms with Gasteiger partial charge in [0.1, 0.15) is 4.21 Å². The van der Waals surface area contributed by atoms with Crippen molar-refractivity contribution in [2.45, 2.75) is 36.3 Å². The van der Waals surface area contributed by atoms with Gasteiger partial charge in [0.05, 0.1) is 10.9 Å². The van der Waals surface area contributed by atoms with Crippen molar-refractivity contribution in [2.24, 2.45) is 5.92 Å². The van der Waals surface area contributed by atoms with Crippen molar-refractivity contribution in [2.75, 3.05) is 20.1 Å². The van der Waals surface area contributed by atoms with E-state index in [1.165, 1.54) is 38.4 Å². The summed E-state index contributed by atoms with van der Waals surface area (Å²) in [4.78, 5) is 11.9. The molecular weight excluding hydrogens is 344 g/mol. The molecule has 0 saturated heterocycles. The maximum atomic E-state index is 12.3. The summed E-state index contributed by atoms with van der Waals surface area (Å²) in [6.07, 6.45) is 5.99. The Kier molecular flexibility index (Phi) is 6.26. The number of carbonyl (C=O) groups is 1. The van der Waals surface area contributed by atoms with Gasteiger partial charge in [-0.25, -0.2) is 8.42 Å². The van der Waals surface area contributed by atoms with Crippen LogP contribution in [-0.2, 0) is 14.8 Å². The second-order valence-electron chi connectivity index (χ2n) is 5.63. The van der Waals surface area contributed by atoms with Crippen molar-refractivity contribution in [3.8, 4) is 0 Å². The highest BCUT2D eigenvalue weighted by Gasteiger charge is 2.25. The lowest BCUT2D eigenvalue weighted by atomic mass is 9.89. The lowest BCUT2D eigenvalue weighted by molar-refractivity contribution is -0.121. The van der Waals surface area contributed by atoms with Crippen LogP contribution in [0.25, 0.3) is 0 Å². The number of sulfonamides is 1. The van der Waals surface area contributed by atoms with Crippen molar-refractivity contribution in [1.82, 2.24) is 9.62 Å². The maximum Gasteiger partial charge on any atom is 0.252 e. The molecule has 1 aromatic heterocycles. The first kappa shape index (κ1) is 17.7. The molecule has 1 aliphatic carbocycles. The van der Waals surface area contributed by atoms with Crippen LogP contribution >= 0.6 is 22.9 Å². The summed E-state index contributed by atoms with van der Waals surface area (Å²) < 4.78 is 26.2. The van der Waals surface area contributed by atoms with Gasteiger partial charge >= 0.3 is 0 Å². The van der Waals surface area contributed by atoms with E-state index in [9.17, 15) is 13.2 Å².